The van der Waals surface area contributed by atoms with Crippen LogP contribution in [0.5, 0.6) is 5.75 Å². The van der Waals surface area contributed by atoms with Gasteiger partial charge in [-0.25, -0.2) is 0 Å². The van der Waals surface area contributed by atoms with Crippen LogP contribution in [0.2, 0.25) is 0 Å². The summed E-state index contributed by atoms with van der Waals surface area (Å²) in [6.07, 6.45) is 4.57. The van der Waals surface area contributed by atoms with Crippen molar-refractivity contribution in [1.29, 1.82) is 0 Å². The first-order valence-corrected chi connectivity index (χ1v) is 8.61. The molecule has 0 N–H and O–H groups in total. The molecule has 0 aromatic heterocycles. The van der Waals surface area contributed by atoms with Crippen LogP contribution in [0.25, 0.3) is 0 Å². The quantitative estimate of drug-likeness (QED) is 0.569. The van der Waals surface area contributed by atoms with Crippen molar-refractivity contribution in [2.24, 2.45) is 0 Å². The highest BCUT2D eigenvalue weighted by Gasteiger charge is 2.15. The third kappa shape index (κ3) is 4.60. The number of hydrogen-bond acceptors (Lipinski definition) is 3. The zero-order valence-corrected chi connectivity index (χ0v) is 13.0. The minimum atomic E-state index is -3.75. The van der Waals surface area contributed by atoms with Crippen molar-refractivity contribution >= 4 is 10.1 Å². The van der Waals surface area contributed by atoms with Gasteiger partial charge in [0.1, 0.15) is 10.6 Å². The summed E-state index contributed by atoms with van der Waals surface area (Å²) >= 11 is 0. The Hall–Kier alpha value is -1.81. The molecule has 0 heterocycles. The van der Waals surface area contributed by atoms with Crippen LogP contribution in [-0.2, 0) is 16.5 Å². The third-order valence-corrected chi connectivity index (χ3v) is 4.49. The van der Waals surface area contributed by atoms with Gasteiger partial charge in [-0.3, -0.25) is 0 Å². The summed E-state index contributed by atoms with van der Waals surface area (Å²) in [5.74, 6) is 0.345. The van der Waals surface area contributed by atoms with Gasteiger partial charge >= 0.3 is 10.1 Å². The Morgan fingerprint density at radius 1 is 0.905 bits per heavy atom. The molecule has 0 aliphatic carbocycles. The monoisotopic (exact) mass is 304 g/mol. The van der Waals surface area contributed by atoms with Crippen LogP contribution >= 0.6 is 0 Å². The molecule has 0 spiro atoms. The van der Waals surface area contributed by atoms with Gasteiger partial charge in [0.2, 0.25) is 0 Å². The number of aryl methyl sites for hydroxylation is 1. The molecule has 0 unspecified atom stereocenters. The summed E-state index contributed by atoms with van der Waals surface area (Å²) in [7, 11) is -3.75. The van der Waals surface area contributed by atoms with Gasteiger partial charge in [-0.05, 0) is 42.7 Å². The van der Waals surface area contributed by atoms with Crippen molar-refractivity contribution in [1.82, 2.24) is 0 Å². The fourth-order valence-electron chi connectivity index (χ4n) is 2.05. The second-order valence-corrected chi connectivity index (χ2v) is 6.50. The molecule has 2 aromatic rings. The van der Waals surface area contributed by atoms with Crippen molar-refractivity contribution in [3.05, 3.63) is 60.2 Å². The lowest BCUT2D eigenvalue weighted by molar-refractivity contribution is 0.486. The summed E-state index contributed by atoms with van der Waals surface area (Å²) < 4.78 is 29.3. The Morgan fingerprint density at radius 3 is 2.19 bits per heavy atom. The Kier molecular flexibility index (Phi) is 5.39. The first kappa shape index (κ1) is 15.6. The molecule has 0 saturated heterocycles. The van der Waals surface area contributed by atoms with Gasteiger partial charge in [0.05, 0.1) is 0 Å². The minimum Gasteiger partial charge on any atom is -0.379 e. The van der Waals surface area contributed by atoms with E-state index in [2.05, 4.69) is 6.92 Å². The second kappa shape index (κ2) is 7.27. The van der Waals surface area contributed by atoms with Gasteiger partial charge < -0.3 is 4.18 Å². The highest BCUT2D eigenvalue weighted by atomic mass is 32.2. The zero-order chi connectivity index (χ0) is 15.1. The zero-order valence-electron chi connectivity index (χ0n) is 12.2. The average Bonchev–Trinajstić information content (AvgIpc) is 2.50. The van der Waals surface area contributed by atoms with Gasteiger partial charge in [0.15, 0.2) is 0 Å². The van der Waals surface area contributed by atoms with Gasteiger partial charge in [-0.2, -0.15) is 8.42 Å². The van der Waals surface area contributed by atoms with Gasteiger partial charge in [0.25, 0.3) is 0 Å². The van der Waals surface area contributed by atoms with Crippen LogP contribution in [0.15, 0.2) is 59.5 Å². The number of unbranched alkanes of at least 4 members (excludes halogenated alkanes) is 2. The molecule has 0 aliphatic rings. The molecular weight excluding hydrogens is 284 g/mol. The number of rotatable bonds is 7. The Bertz CT molecular complexity index is 646. The van der Waals surface area contributed by atoms with Gasteiger partial charge in [-0.15, -0.1) is 0 Å². The van der Waals surface area contributed by atoms with Crippen molar-refractivity contribution in [2.75, 3.05) is 0 Å². The normalized spacial score (nSPS) is 11.3. The topological polar surface area (TPSA) is 43.4 Å². The fraction of sp³-hybridized carbons (Fsp3) is 0.294. The molecule has 0 amide bonds. The summed E-state index contributed by atoms with van der Waals surface area (Å²) in [4.78, 5) is 0.164. The smallest absolute Gasteiger partial charge is 0.339 e. The predicted molar refractivity (Wildman–Crippen MR) is 83.9 cm³/mol. The standard InChI is InChI=1S/C17H20O3S/c1-2-3-5-8-15-11-13-16(14-12-15)20-21(18,19)17-9-6-4-7-10-17/h4,6-7,9-14H,2-3,5,8H2,1H3. The van der Waals surface area contributed by atoms with Crippen LogP contribution in [0, 0.1) is 0 Å². The highest BCUT2D eigenvalue weighted by molar-refractivity contribution is 7.87. The first-order chi connectivity index (χ1) is 10.1. The molecule has 0 radical (unpaired) electrons. The van der Waals surface area contributed by atoms with Crippen LogP contribution < -0.4 is 4.18 Å². The van der Waals surface area contributed by atoms with Gasteiger partial charge in [-0.1, -0.05) is 50.1 Å². The average molecular weight is 304 g/mol. The van der Waals surface area contributed by atoms with Crippen LogP contribution in [0.4, 0.5) is 0 Å². The van der Waals surface area contributed by atoms with E-state index in [0.29, 0.717) is 5.75 Å². The SMILES string of the molecule is CCCCCc1ccc(OS(=O)(=O)c2ccccc2)cc1. The van der Waals surface area contributed by atoms with Crippen molar-refractivity contribution in [3.8, 4) is 5.75 Å². The van der Waals surface area contributed by atoms with Crippen LogP contribution in [0.3, 0.4) is 0 Å². The van der Waals surface area contributed by atoms with E-state index in [1.165, 1.54) is 30.5 Å². The molecule has 112 valence electrons. The second-order valence-electron chi connectivity index (χ2n) is 4.95. The van der Waals surface area contributed by atoms with E-state index in [1.54, 1.807) is 30.3 Å². The number of hydrogen-bond donors (Lipinski definition) is 0. The van der Waals surface area contributed by atoms with E-state index in [-0.39, 0.29) is 4.90 Å². The lowest BCUT2D eigenvalue weighted by atomic mass is 10.1. The van der Waals surface area contributed by atoms with E-state index in [1.807, 2.05) is 12.1 Å². The molecular formula is C17H20O3S. The van der Waals surface area contributed by atoms with E-state index < -0.39 is 10.1 Å². The Labute approximate surface area is 126 Å². The van der Waals surface area contributed by atoms with Crippen LogP contribution in [0.1, 0.15) is 31.7 Å². The Balaban J connectivity index is 2.03. The molecule has 2 aromatic carbocycles. The maximum atomic E-state index is 12.1. The molecule has 0 aliphatic heterocycles. The maximum Gasteiger partial charge on any atom is 0.339 e. The first-order valence-electron chi connectivity index (χ1n) is 7.20. The van der Waals surface area contributed by atoms with Crippen molar-refractivity contribution in [2.45, 2.75) is 37.5 Å². The summed E-state index contributed by atoms with van der Waals surface area (Å²) in [5.41, 5.74) is 1.20. The third-order valence-electron chi connectivity index (χ3n) is 3.23. The lowest BCUT2D eigenvalue weighted by Crippen LogP contribution is -2.09. The summed E-state index contributed by atoms with van der Waals surface area (Å²) in [5, 5.41) is 0. The molecule has 0 saturated carbocycles. The molecule has 0 atom stereocenters. The van der Waals surface area contributed by atoms with E-state index in [0.717, 1.165) is 12.8 Å². The maximum absolute atomic E-state index is 12.1. The van der Waals surface area contributed by atoms with Gasteiger partial charge in [0, 0.05) is 0 Å². The summed E-state index contributed by atoms with van der Waals surface area (Å²) in [6.45, 7) is 2.17. The predicted octanol–water partition coefficient (Wildman–Crippen LogP) is 4.19. The van der Waals surface area contributed by atoms with E-state index >= 15 is 0 Å². The molecule has 21 heavy (non-hydrogen) atoms. The minimum absolute atomic E-state index is 0.164. The van der Waals surface area contributed by atoms with Crippen LogP contribution in [-0.4, -0.2) is 8.42 Å². The molecule has 0 fully saturated rings. The van der Waals surface area contributed by atoms with E-state index in [4.69, 9.17) is 4.18 Å². The van der Waals surface area contributed by atoms with Crippen molar-refractivity contribution < 1.29 is 12.6 Å². The molecule has 0 bridgehead atoms. The molecule has 2 rings (SSSR count). The van der Waals surface area contributed by atoms with Crippen molar-refractivity contribution in [3.63, 3.8) is 0 Å². The highest BCUT2D eigenvalue weighted by Crippen LogP contribution is 2.19. The molecule has 3 nitrogen and oxygen atoms in total. The number of benzene rings is 2. The largest absolute Gasteiger partial charge is 0.379 e. The Morgan fingerprint density at radius 2 is 1.57 bits per heavy atom. The molecule has 4 heteroatoms. The lowest BCUT2D eigenvalue weighted by Gasteiger charge is -2.07. The van der Waals surface area contributed by atoms with E-state index in [9.17, 15) is 8.42 Å². The fourth-order valence-corrected chi connectivity index (χ4v) is 3.00. The summed E-state index contributed by atoms with van der Waals surface area (Å²) in [6, 6.07) is 15.4.